The van der Waals surface area contributed by atoms with Crippen LogP contribution in [-0.4, -0.2) is 33.3 Å². The van der Waals surface area contributed by atoms with Gasteiger partial charge in [-0.15, -0.1) is 6.58 Å². The van der Waals surface area contributed by atoms with Gasteiger partial charge in [0.15, 0.2) is 0 Å². The molecule has 0 aliphatic heterocycles. The first-order valence-electron chi connectivity index (χ1n) is 9.60. The topological polar surface area (TPSA) is 33.3 Å². The quantitative estimate of drug-likeness (QED) is 0.313. The minimum Gasteiger partial charge on any atom is -0.498 e. The second-order valence-corrected chi connectivity index (χ2v) is 9.21. The summed E-state index contributed by atoms with van der Waals surface area (Å²) in [5, 5.41) is 6.52. The zero-order valence-corrected chi connectivity index (χ0v) is 18.6. The van der Waals surface area contributed by atoms with E-state index < -0.39 is 0 Å². The molecule has 0 aromatic carbocycles. The summed E-state index contributed by atoms with van der Waals surface area (Å²) >= 11 is 0. The Bertz CT molecular complexity index is 363. The molecule has 0 spiro atoms. The highest BCUT2D eigenvalue weighted by Gasteiger charge is 2.43. The Morgan fingerprint density at radius 2 is 1.52 bits per heavy atom. The third-order valence-corrected chi connectivity index (χ3v) is 4.48. The highest BCUT2D eigenvalue weighted by atomic mass is 16.5. The lowest BCUT2D eigenvalue weighted by Gasteiger charge is -2.46. The predicted octanol–water partition coefficient (Wildman–Crippen LogP) is 5.40. The van der Waals surface area contributed by atoms with Crippen LogP contribution in [0, 0.1) is 16.2 Å². The molecule has 1 atom stereocenters. The van der Waals surface area contributed by atoms with Crippen molar-refractivity contribution in [3.05, 3.63) is 25.0 Å². The van der Waals surface area contributed by atoms with Crippen LogP contribution in [0.3, 0.4) is 0 Å². The van der Waals surface area contributed by atoms with E-state index in [4.69, 9.17) is 4.74 Å². The molecule has 0 bridgehead atoms. The smallest absolute Gasteiger partial charge is 0.0952 e. The van der Waals surface area contributed by atoms with E-state index >= 15 is 0 Å². The first-order chi connectivity index (χ1) is 11.4. The molecule has 0 aliphatic rings. The summed E-state index contributed by atoms with van der Waals surface area (Å²) in [5.41, 5.74) is 0.357. The molecule has 1 unspecified atom stereocenters. The van der Waals surface area contributed by atoms with E-state index in [9.17, 15) is 0 Å². The lowest BCUT2D eigenvalue weighted by molar-refractivity contribution is 0.0208. The van der Waals surface area contributed by atoms with E-state index in [-0.39, 0.29) is 16.2 Å². The van der Waals surface area contributed by atoms with Gasteiger partial charge < -0.3 is 15.4 Å². The van der Waals surface area contributed by atoms with E-state index in [0.717, 1.165) is 44.8 Å². The lowest BCUT2D eigenvalue weighted by Crippen LogP contribution is -2.39. The summed E-state index contributed by atoms with van der Waals surface area (Å²) in [6.45, 7) is 29.3. The maximum Gasteiger partial charge on any atom is 0.0952 e. The van der Waals surface area contributed by atoms with Crippen LogP contribution in [0.15, 0.2) is 25.0 Å². The highest BCUT2D eigenvalue weighted by molar-refractivity contribution is 5.08. The number of allylic oxidation sites excluding steroid dienone is 2. The molecule has 0 amide bonds. The van der Waals surface area contributed by atoms with Crippen molar-refractivity contribution in [2.45, 2.75) is 68.2 Å². The van der Waals surface area contributed by atoms with Crippen LogP contribution in [0.5, 0.6) is 0 Å². The van der Waals surface area contributed by atoms with Gasteiger partial charge in [-0.1, -0.05) is 61.1 Å². The summed E-state index contributed by atoms with van der Waals surface area (Å²) in [4.78, 5) is 0. The van der Waals surface area contributed by atoms with Gasteiger partial charge in [0.1, 0.15) is 0 Å². The molecule has 0 aromatic rings. The zero-order valence-electron chi connectivity index (χ0n) is 18.6. The van der Waals surface area contributed by atoms with Crippen molar-refractivity contribution >= 4 is 0 Å². The van der Waals surface area contributed by atoms with Gasteiger partial charge in [-0.2, -0.15) is 0 Å². The normalized spacial score (nSPS) is 14.1. The molecule has 0 aliphatic carbocycles. The first kappa shape index (κ1) is 26.4. The predicted molar refractivity (Wildman–Crippen MR) is 114 cm³/mol. The lowest BCUT2D eigenvalue weighted by atomic mass is 9.60. The Morgan fingerprint density at radius 1 is 1.00 bits per heavy atom. The molecule has 3 nitrogen and oxygen atoms in total. The molecular formula is C22H46N2O. The van der Waals surface area contributed by atoms with Crippen LogP contribution in [-0.2, 0) is 4.74 Å². The maximum atomic E-state index is 6.04. The first-order valence-corrected chi connectivity index (χ1v) is 9.60. The van der Waals surface area contributed by atoms with Crippen LogP contribution < -0.4 is 10.6 Å². The second-order valence-electron chi connectivity index (χ2n) is 9.21. The summed E-state index contributed by atoms with van der Waals surface area (Å²) in [5.74, 6) is 0.935. The van der Waals surface area contributed by atoms with Crippen molar-refractivity contribution in [2.24, 2.45) is 16.2 Å². The van der Waals surface area contributed by atoms with Crippen molar-refractivity contribution < 1.29 is 4.74 Å². The van der Waals surface area contributed by atoms with Gasteiger partial charge in [0.25, 0.3) is 0 Å². The molecule has 150 valence electrons. The fraction of sp³-hybridized carbons (Fsp3) is 0.818. The average molecular weight is 355 g/mol. The molecule has 3 heteroatoms. The third kappa shape index (κ3) is 12.2. The van der Waals surface area contributed by atoms with Crippen molar-refractivity contribution in [2.75, 3.05) is 33.3 Å². The van der Waals surface area contributed by atoms with E-state index in [1.54, 1.807) is 6.08 Å². The molecule has 0 aromatic heterocycles. The Kier molecular flexibility index (Phi) is 13.3. The monoisotopic (exact) mass is 354 g/mol. The van der Waals surface area contributed by atoms with Crippen molar-refractivity contribution in [1.29, 1.82) is 0 Å². The number of hydrogen-bond acceptors (Lipinski definition) is 3. The van der Waals surface area contributed by atoms with E-state index in [2.05, 4.69) is 72.3 Å². The van der Waals surface area contributed by atoms with Gasteiger partial charge in [0.2, 0.25) is 0 Å². The van der Waals surface area contributed by atoms with Crippen LogP contribution in [0.2, 0.25) is 0 Å². The number of likely N-dealkylation sites (N-methyl/N-ethyl adjacent to an activating group) is 1. The van der Waals surface area contributed by atoms with Crippen LogP contribution >= 0.6 is 0 Å². The molecule has 0 saturated carbocycles. The van der Waals surface area contributed by atoms with Crippen molar-refractivity contribution in [3.63, 3.8) is 0 Å². The van der Waals surface area contributed by atoms with Gasteiger partial charge in [-0.25, -0.2) is 0 Å². The molecule has 0 saturated heterocycles. The standard InChI is InChI=1S/C19H40N2O.C3H6/c1-16(22-14-10-11-21-13-12-20-9)19(8,18(5,6)7)15-17(2,3)4;1-3-2/h20-21H,1,10-15H2,2-9H3;3H,1H2,2H3. The van der Waals surface area contributed by atoms with Gasteiger partial charge in [-0.3, -0.25) is 0 Å². The van der Waals surface area contributed by atoms with E-state index in [1.165, 1.54) is 0 Å². The maximum absolute atomic E-state index is 6.04. The molecule has 25 heavy (non-hydrogen) atoms. The van der Waals surface area contributed by atoms with Crippen LogP contribution in [0.4, 0.5) is 0 Å². The number of hydrogen-bond donors (Lipinski definition) is 2. The van der Waals surface area contributed by atoms with Gasteiger partial charge in [-0.05, 0) is 44.2 Å². The third-order valence-electron chi connectivity index (χ3n) is 4.48. The van der Waals surface area contributed by atoms with E-state index in [0.29, 0.717) is 0 Å². The summed E-state index contributed by atoms with van der Waals surface area (Å²) in [7, 11) is 1.97. The second kappa shape index (κ2) is 12.5. The van der Waals surface area contributed by atoms with Gasteiger partial charge >= 0.3 is 0 Å². The summed E-state index contributed by atoms with van der Waals surface area (Å²) < 4.78 is 6.04. The minimum atomic E-state index is -0.0230. The Morgan fingerprint density at radius 3 is 1.92 bits per heavy atom. The Balaban J connectivity index is 0. The molecule has 2 N–H and O–H groups in total. The van der Waals surface area contributed by atoms with Crippen LogP contribution in [0.25, 0.3) is 0 Å². The summed E-state index contributed by atoms with van der Waals surface area (Å²) in [6.07, 6.45) is 3.83. The average Bonchev–Trinajstić information content (AvgIpc) is 2.44. The highest BCUT2D eigenvalue weighted by Crippen LogP contribution is 2.51. The van der Waals surface area contributed by atoms with E-state index in [1.807, 2.05) is 14.0 Å². The largest absolute Gasteiger partial charge is 0.498 e. The Hall–Kier alpha value is -0.800. The molecule has 0 fully saturated rings. The number of nitrogens with one attached hydrogen (secondary N) is 2. The van der Waals surface area contributed by atoms with Crippen molar-refractivity contribution in [3.8, 4) is 0 Å². The fourth-order valence-electron chi connectivity index (χ4n) is 2.73. The Labute approximate surface area is 158 Å². The van der Waals surface area contributed by atoms with Gasteiger partial charge in [0.05, 0.1) is 12.4 Å². The fourth-order valence-corrected chi connectivity index (χ4v) is 2.73. The number of rotatable bonds is 10. The SMILES string of the molecule is C=C(OCCCNCCNC)C(C)(CC(C)(C)C)C(C)(C)C.C=CC. The minimum absolute atomic E-state index is 0.0230. The zero-order chi connectivity index (χ0) is 20.1. The molecule has 0 heterocycles. The van der Waals surface area contributed by atoms with Crippen molar-refractivity contribution in [1.82, 2.24) is 10.6 Å². The van der Waals surface area contributed by atoms with Crippen LogP contribution in [0.1, 0.15) is 68.2 Å². The molecular weight excluding hydrogens is 308 g/mol. The molecule has 0 radical (unpaired) electrons. The van der Waals surface area contributed by atoms with Gasteiger partial charge in [0, 0.05) is 18.5 Å². The number of ether oxygens (including phenoxy) is 1. The summed E-state index contributed by atoms with van der Waals surface area (Å²) in [6, 6.07) is 0. The molecule has 0 rings (SSSR count).